The van der Waals surface area contributed by atoms with Crippen LogP contribution in [0.3, 0.4) is 0 Å². The fourth-order valence-electron chi connectivity index (χ4n) is 3.43. The maximum absolute atomic E-state index is 12.7. The Labute approximate surface area is 152 Å². The first-order valence-electron chi connectivity index (χ1n) is 8.73. The molecule has 0 heterocycles. The lowest BCUT2D eigenvalue weighted by Gasteiger charge is -2.41. The van der Waals surface area contributed by atoms with Crippen molar-refractivity contribution in [2.45, 2.75) is 65.1 Å². The van der Waals surface area contributed by atoms with Crippen molar-refractivity contribution in [1.82, 2.24) is 0 Å². The van der Waals surface area contributed by atoms with E-state index < -0.39 is 14.3 Å². The average Bonchev–Trinajstić information content (AvgIpc) is 2.51. The van der Waals surface area contributed by atoms with Crippen LogP contribution >= 0.6 is 0 Å². The van der Waals surface area contributed by atoms with E-state index in [4.69, 9.17) is 9.16 Å². The molecular weight excluding hydrogens is 332 g/mol. The highest BCUT2D eigenvalue weighted by Crippen LogP contribution is 2.42. The molecule has 5 heteroatoms. The first kappa shape index (κ1) is 21.2. The molecular formula is C20H30O4Si. The van der Waals surface area contributed by atoms with E-state index in [0.29, 0.717) is 33.5 Å². The summed E-state index contributed by atoms with van der Waals surface area (Å²) in [5.74, 6) is -0.411. The van der Waals surface area contributed by atoms with Gasteiger partial charge in [0.25, 0.3) is 8.32 Å². The van der Waals surface area contributed by atoms with Crippen LogP contribution in [0.25, 0.3) is 0 Å². The van der Waals surface area contributed by atoms with Crippen molar-refractivity contribution in [2.75, 3.05) is 0 Å². The highest BCUT2D eigenvalue weighted by Gasteiger charge is 2.48. The van der Waals surface area contributed by atoms with E-state index in [1.165, 1.54) is 0 Å². The minimum atomic E-state index is -2.27. The molecule has 0 aliphatic heterocycles. The van der Waals surface area contributed by atoms with E-state index in [1.807, 2.05) is 0 Å². The summed E-state index contributed by atoms with van der Waals surface area (Å²) in [7, 11) is -2.27. The minimum absolute atomic E-state index is 0.305. The SMILES string of the molecule is C=C(C)C(=O)Oc1ccc(C(=O)O[Si](C(C)C)(C(C)C)C(C)C)cc1. The second kappa shape index (κ2) is 8.47. The van der Waals surface area contributed by atoms with Crippen LogP contribution < -0.4 is 4.74 Å². The molecule has 1 aromatic rings. The van der Waals surface area contributed by atoms with Crippen molar-refractivity contribution in [3.63, 3.8) is 0 Å². The molecule has 0 bridgehead atoms. The second-order valence-corrected chi connectivity index (χ2v) is 12.8. The van der Waals surface area contributed by atoms with E-state index in [2.05, 4.69) is 48.1 Å². The predicted octanol–water partition coefficient (Wildman–Crippen LogP) is 5.50. The highest BCUT2D eigenvalue weighted by atomic mass is 28.4. The number of hydrogen-bond acceptors (Lipinski definition) is 4. The molecule has 0 atom stereocenters. The van der Waals surface area contributed by atoms with Crippen molar-refractivity contribution < 1.29 is 18.8 Å². The van der Waals surface area contributed by atoms with E-state index in [9.17, 15) is 9.59 Å². The van der Waals surface area contributed by atoms with Gasteiger partial charge in [-0.15, -0.1) is 0 Å². The molecule has 25 heavy (non-hydrogen) atoms. The zero-order valence-corrected chi connectivity index (χ0v) is 17.4. The summed E-state index contributed by atoms with van der Waals surface area (Å²) in [6.45, 7) is 18.0. The van der Waals surface area contributed by atoms with Crippen LogP contribution in [0.1, 0.15) is 58.8 Å². The van der Waals surface area contributed by atoms with Crippen molar-refractivity contribution in [3.8, 4) is 5.75 Å². The maximum Gasteiger partial charge on any atom is 0.338 e. The fourth-order valence-corrected chi connectivity index (χ4v) is 8.57. The first-order valence-corrected chi connectivity index (χ1v) is 10.9. The number of carbonyl (C=O) groups is 2. The third kappa shape index (κ3) is 4.81. The maximum atomic E-state index is 12.7. The Balaban J connectivity index is 2.99. The van der Waals surface area contributed by atoms with Gasteiger partial charge in [-0.2, -0.15) is 0 Å². The third-order valence-corrected chi connectivity index (χ3v) is 10.6. The van der Waals surface area contributed by atoms with Gasteiger partial charge in [0.2, 0.25) is 0 Å². The molecule has 138 valence electrons. The van der Waals surface area contributed by atoms with Gasteiger partial charge in [0.1, 0.15) is 5.75 Å². The molecule has 0 amide bonds. The predicted molar refractivity (Wildman–Crippen MR) is 103 cm³/mol. The van der Waals surface area contributed by atoms with Gasteiger partial charge >= 0.3 is 11.9 Å². The van der Waals surface area contributed by atoms with Gasteiger partial charge in [0.05, 0.1) is 5.56 Å². The summed E-state index contributed by atoms with van der Waals surface area (Å²) in [5, 5.41) is 0. The molecule has 0 radical (unpaired) electrons. The van der Waals surface area contributed by atoms with E-state index >= 15 is 0 Å². The Kier molecular flexibility index (Phi) is 7.17. The lowest BCUT2D eigenvalue weighted by atomic mass is 10.2. The number of hydrogen-bond donors (Lipinski definition) is 0. The molecule has 0 fully saturated rings. The third-order valence-electron chi connectivity index (χ3n) is 4.63. The van der Waals surface area contributed by atoms with Crippen molar-refractivity contribution >= 4 is 20.3 Å². The van der Waals surface area contributed by atoms with E-state index in [0.717, 1.165) is 0 Å². The number of rotatable bonds is 7. The first-order chi connectivity index (χ1) is 11.5. The average molecular weight is 363 g/mol. The summed E-state index contributed by atoms with van der Waals surface area (Å²) in [6, 6.07) is 6.45. The van der Waals surface area contributed by atoms with Gasteiger partial charge in [-0.3, -0.25) is 0 Å². The quantitative estimate of drug-likeness (QED) is 0.278. The number of ether oxygens (including phenoxy) is 1. The molecule has 0 aromatic heterocycles. The smallest absolute Gasteiger partial charge is 0.338 e. The highest BCUT2D eigenvalue weighted by molar-refractivity contribution is 6.79. The van der Waals surface area contributed by atoms with E-state index in [-0.39, 0.29) is 5.97 Å². The second-order valence-electron chi connectivity index (χ2n) is 7.40. The lowest BCUT2D eigenvalue weighted by Crippen LogP contribution is -2.49. The van der Waals surface area contributed by atoms with Crippen LogP contribution in [0.4, 0.5) is 0 Å². The van der Waals surface area contributed by atoms with Crippen LogP contribution in [0.2, 0.25) is 16.6 Å². The molecule has 1 rings (SSSR count). The summed E-state index contributed by atoms with van der Waals surface area (Å²) >= 11 is 0. The van der Waals surface area contributed by atoms with Gasteiger partial charge < -0.3 is 9.16 Å². The summed E-state index contributed by atoms with van der Waals surface area (Å²) in [5.41, 5.74) is 1.77. The Bertz CT molecular complexity index is 608. The van der Waals surface area contributed by atoms with Crippen LogP contribution in [-0.4, -0.2) is 20.3 Å². The van der Waals surface area contributed by atoms with Crippen molar-refractivity contribution in [2.24, 2.45) is 0 Å². The van der Waals surface area contributed by atoms with E-state index in [1.54, 1.807) is 31.2 Å². The van der Waals surface area contributed by atoms with Crippen LogP contribution in [0, 0.1) is 0 Å². The molecule has 0 aliphatic carbocycles. The van der Waals surface area contributed by atoms with Crippen LogP contribution in [0.15, 0.2) is 36.4 Å². The monoisotopic (exact) mass is 362 g/mol. The molecule has 0 aliphatic rings. The number of esters is 1. The molecule has 0 N–H and O–H groups in total. The summed E-state index contributed by atoms with van der Waals surface area (Å²) in [4.78, 5) is 24.2. The van der Waals surface area contributed by atoms with Crippen LogP contribution in [-0.2, 0) is 9.22 Å². The number of carbonyl (C=O) groups excluding carboxylic acids is 2. The Morgan fingerprint density at radius 2 is 1.36 bits per heavy atom. The molecule has 0 unspecified atom stereocenters. The minimum Gasteiger partial charge on any atom is -0.515 e. The zero-order chi connectivity index (χ0) is 19.4. The van der Waals surface area contributed by atoms with Gasteiger partial charge in [0.15, 0.2) is 0 Å². The molecule has 0 saturated heterocycles. The van der Waals surface area contributed by atoms with Crippen molar-refractivity contribution in [3.05, 3.63) is 42.0 Å². The summed E-state index contributed by atoms with van der Waals surface area (Å²) < 4.78 is 11.3. The van der Waals surface area contributed by atoms with Gasteiger partial charge in [-0.1, -0.05) is 48.1 Å². The normalized spacial score (nSPS) is 11.8. The largest absolute Gasteiger partial charge is 0.515 e. The van der Waals surface area contributed by atoms with Gasteiger partial charge in [-0.25, -0.2) is 9.59 Å². The molecule has 1 aromatic carbocycles. The van der Waals surface area contributed by atoms with Gasteiger partial charge in [-0.05, 0) is 47.8 Å². The Morgan fingerprint density at radius 3 is 1.72 bits per heavy atom. The summed E-state index contributed by atoms with van der Waals surface area (Å²) in [6.07, 6.45) is 0. The Morgan fingerprint density at radius 1 is 0.920 bits per heavy atom. The zero-order valence-electron chi connectivity index (χ0n) is 16.4. The molecule has 0 saturated carbocycles. The molecule has 0 spiro atoms. The fraction of sp³-hybridized carbons (Fsp3) is 0.500. The Hall–Kier alpha value is -1.88. The van der Waals surface area contributed by atoms with Crippen LogP contribution in [0.5, 0.6) is 5.75 Å². The molecule has 4 nitrogen and oxygen atoms in total. The lowest BCUT2D eigenvalue weighted by molar-refractivity contribution is -0.130. The van der Waals surface area contributed by atoms with Gasteiger partial charge in [0, 0.05) is 5.57 Å². The van der Waals surface area contributed by atoms with Crippen molar-refractivity contribution in [1.29, 1.82) is 0 Å². The standard InChI is InChI=1S/C20H30O4Si/c1-13(2)19(21)23-18-11-9-17(10-12-18)20(22)24-25(14(3)4,15(5)6)16(7)8/h9-12,14-16H,1H2,2-8H3. The topological polar surface area (TPSA) is 52.6 Å². The number of benzene rings is 1.